The Labute approximate surface area is 159 Å². The van der Waals surface area contributed by atoms with Gasteiger partial charge < -0.3 is 9.15 Å². The summed E-state index contributed by atoms with van der Waals surface area (Å²) in [6.07, 6.45) is 1.57. The van der Waals surface area contributed by atoms with Crippen LogP contribution in [0.15, 0.2) is 52.0 Å². The van der Waals surface area contributed by atoms with Gasteiger partial charge in [-0.2, -0.15) is 5.10 Å². The van der Waals surface area contributed by atoms with Crippen molar-refractivity contribution in [3.05, 3.63) is 65.4 Å². The highest BCUT2D eigenvalue weighted by Crippen LogP contribution is 2.23. The van der Waals surface area contributed by atoms with Gasteiger partial charge in [0, 0.05) is 12.2 Å². The molecule has 7 nitrogen and oxygen atoms in total. The minimum atomic E-state index is -3.70. The van der Waals surface area contributed by atoms with Gasteiger partial charge in [0.15, 0.2) is 0 Å². The summed E-state index contributed by atoms with van der Waals surface area (Å²) in [6, 6.07) is 10.0. The number of benzene rings is 1. The Hall–Kier alpha value is -2.58. The Kier molecular flexibility index (Phi) is 5.38. The summed E-state index contributed by atoms with van der Waals surface area (Å²) >= 11 is 0. The van der Waals surface area contributed by atoms with Gasteiger partial charge in [-0.15, -0.1) is 0 Å². The number of hydrogen-bond acceptors (Lipinski definition) is 5. The van der Waals surface area contributed by atoms with E-state index in [0.717, 1.165) is 11.4 Å². The van der Waals surface area contributed by atoms with Gasteiger partial charge >= 0.3 is 0 Å². The second kappa shape index (κ2) is 7.58. The van der Waals surface area contributed by atoms with Crippen LogP contribution in [0.2, 0.25) is 0 Å². The standard InChI is InChI=1S/C19H23N3O4S/c1-13-10-16(25-4)7-8-19(13)27(23,24)20-12-17(18-6-5-9-26-18)22-15(3)11-14(2)21-22/h5-11,17,20H,12H2,1-4H3. The fourth-order valence-electron chi connectivity index (χ4n) is 3.07. The lowest BCUT2D eigenvalue weighted by molar-refractivity contribution is 0.396. The predicted molar refractivity (Wildman–Crippen MR) is 101 cm³/mol. The summed E-state index contributed by atoms with van der Waals surface area (Å²) in [4.78, 5) is 0.217. The Morgan fingerprint density at radius 2 is 2.00 bits per heavy atom. The number of sulfonamides is 1. The summed E-state index contributed by atoms with van der Waals surface area (Å²) in [6.45, 7) is 5.68. The van der Waals surface area contributed by atoms with Gasteiger partial charge in [0.25, 0.3) is 0 Å². The molecule has 0 aliphatic rings. The van der Waals surface area contributed by atoms with Gasteiger partial charge in [-0.1, -0.05) is 0 Å². The molecular weight excluding hydrogens is 366 g/mol. The molecule has 1 aromatic carbocycles. The predicted octanol–water partition coefficient (Wildman–Crippen LogP) is 2.98. The molecule has 0 saturated carbocycles. The number of nitrogens with one attached hydrogen (secondary N) is 1. The van der Waals surface area contributed by atoms with Crippen LogP contribution in [0, 0.1) is 20.8 Å². The number of aryl methyl sites for hydroxylation is 3. The molecule has 0 radical (unpaired) electrons. The number of furan rings is 1. The third-order valence-corrected chi connectivity index (χ3v) is 5.93. The molecule has 2 heterocycles. The smallest absolute Gasteiger partial charge is 0.240 e. The molecule has 1 atom stereocenters. The fraction of sp³-hybridized carbons (Fsp3) is 0.316. The zero-order valence-electron chi connectivity index (χ0n) is 15.8. The second-order valence-corrected chi connectivity index (χ2v) is 8.12. The fourth-order valence-corrected chi connectivity index (χ4v) is 4.33. The first kappa shape index (κ1) is 19.2. The normalized spacial score (nSPS) is 12.9. The molecule has 0 amide bonds. The maximum absolute atomic E-state index is 12.8. The summed E-state index contributed by atoms with van der Waals surface area (Å²) in [5.41, 5.74) is 2.40. The van der Waals surface area contributed by atoms with Gasteiger partial charge in [0.2, 0.25) is 10.0 Å². The van der Waals surface area contributed by atoms with E-state index >= 15 is 0 Å². The van der Waals surface area contributed by atoms with E-state index in [4.69, 9.17) is 9.15 Å². The van der Waals surface area contributed by atoms with Gasteiger partial charge in [-0.25, -0.2) is 13.1 Å². The van der Waals surface area contributed by atoms with Crippen LogP contribution in [0.1, 0.15) is 28.8 Å². The van der Waals surface area contributed by atoms with Gasteiger partial charge in [0.1, 0.15) is 17.6 Å². The van der Waals surface area contributed by atoms with Crippen molar-refractivity contribution in [2.45, 2.75) is 31.7 Å². The van der Waals surface area contributed by atoms with Crippen LogP contribution in [-0.4, -0.2) is 31.9 Å². The van der Waals surface area contributed by atoms with Crippen molar-refractivity contribution in [1.29, 1.82) is 0 Å². The third-order valence-electron chi connectivity index (χ3n) is 4.35. The van der Waals surface area contributed by atoms with E-state index in [2.05, 4.69) is 9.82 Å². The number of nitrogens with zero attached hydrogens (tertiary/aromatic N) is 2. The molecule has 2 aromatic heterocycles. The monoisotopic (exact) mass is 389 g/mol. The average molecular weight is 389 g/mol. The topological polar surface area (TPSA) is 86.4 Å². The molecule has 0 bridgehead atoms. The first-order valence-corrected chi connectivity index (χ1v) is 10.0. The highest BCUT2D eigenvalue weighted by Gasteiger charge is 2.24. The zero-order chi connectivity index (χ0) is 19.6. The molecule has 1 unspecified atom stereocenters. The molecule has 0 aliphatic heterocycles. The second-order valence-electron chi connectivity index (χ2n) is 6.39. The van der Waals surface area contributed by atoms with Crippen molar-refractivity contribution in [3.8, 4) is 5.75 Å². The van der Waals surface area contributed by atoms with Crippen molar-refractivity contribution in [2.24, 2.45) is 0 Å². The molecule has 0 saturated heterocycles. The van der Waals surface area contributed by atoms with Crippen LogP contribution in [0.5, 0.6) is 5.75 Å². The maximum atomic E-state index is 12.8. The van der Waals surface area contributed by atoms with E-state index in [1.54, 1.807) is 49.2 Å². The molecule has 0 fully saturated rings. The Balaban J connectivity index is 1.88. The summed E-state index contributed by atoms with van der Waals surface area (Å²) in [5.74, 6) is 1.25. The molecule has 3 aromatic rings. The first-order chi connectivity index (χ1) is 12.8. The van der Waals surface area contributed by atoms with Gasteiger partial charge in [-0.05, 0) is 62.7 Å². The molecular formula is C19H23N3O4S. The minimum absolute atomic E-state index is 0.114. The third kappa shape index (κ3) is 4.06. The lowest BCUT2D eigenvalue weighted by Crippen LogP contribution is -2.32. The summed E-state index contributed by atoms with van der Waals surface area (Å²) in [5, 5.41) is 4.49. The Bertz CT molecular complexity index is 1020. The highest BCUT2D eigenvalue weighted by molar-refractivity contribution is 7.89. The van der Waals surface area contributed by atoms with Crippen molar-refractivity contribution in [3.63, 3.8) is 0 Å². The van der Waals surface area contributed by atoms with Gasteiger partial charge in [0.05, 0.1) is 24.0 Å². The quantitative estimate of drug-likeness (QED) is 0.671. The summed E-state index contributed by atoms with van der Waals surface area (Å²) in [7, 11) is -2.16. The largest absolute Gasteiger partial charge is 0.497 e. The van der Waals surface area contributed by atoms with Crippen molar-refractivity contribution >= 4 is 10.0 Å². The average Bonchev–Trinajstić information content (AvgIpc) is 3.25. The van der Waals surface area contributed by atoms with Crippen LogP contribution in [0.3, 0.4) is 0 Å². The van der Waals surface area contributed by atoms with Crippen LogP contribution < -0.4 is 9.46 Å². The number of hydrogen-bond donors (Lipinski definition) is 1. The highest BCUT2D eigenvalue weighted by atomic mass is 32.2. The van der Waals surface area contributed by atoms with Crippen molar-refractivity contribution in [1.82, 2.24) is 14.5 Å². The van der Waals surface area contributed by atoms with E-state index < -0.39 is 10.0 Å². The molecule has 27 heavy (non-hydrogen) atoms. The van der Waals surface area contributed by atoms with Crippen molar-refractivity contribution < 1.29 is 17.6 Å². The number of aromatic nitrogens is 2. The van der Waals surface area contributed by atoms with E-state index in [9.17, 15) is 8.42 Å². The maximum Gasteiger partial charge on any atom is 0.240 e. The number of ether oxygens (including phenoxy) is 1. The Morgan fingerprint density at radius 3 is 2.56 bits per heavy atom. The van der Waals surface area contributed by atoms with Gasteiger partial charge in [-0.3, -0.25) is 4.68 Å². The molecule has 1 N–H and O–H groups in total. The first-order valence-electron chi connectivity index (χ1n) is 8.52. The van der Waals surface area contributed by atoms with Crippen LogP contribution in [-0.2, 0) is 10.0 Å². The summed E-state index contributed by atoms with van der Waals surface area (Å²) < 4.78 is 40.8. The zero-order valence-corrected chi connectivity index (χ0v) is 16.6. The van der Waals surface area contributed by atoms with Crippen LogP contribution in [0.4, 0.5) is 0 Å². The van der Waals surface area contributed by atoms with Crippen molar-refractivity contribution in [2.75, 3.05) is 13.7 Å². The lowest BCUT2D eigenvalue weighted by atomic mass is 10.2. The molecule has 144 valence electrons. The number of methoxy groups -OCH3 is 1. The van der Waals surface area contributed by atoms with E-state index in [1.807, 2.05) is 26.0 Å². The van der Waals surface area contributed by atoms with E-state index in [0.29, 0.717) is 17.1 Å². The van der Waals surface area contributed by atoms with E-state index in [-0.39, 0.29) is 17.5 Å². The molecule has 0 spiro atoms. The molecule has 8 heteroatoms. The SMILES string of the molecule is COc1ccc(S(=O)(=O)NCC(c2ccco2)n2nc(C)cc2C)c(C)c1. The lowest BCUT2D eigenvalue weighted by Gasteiger charge is -2.18. The van der Waals surface area contributed by atoms with Crippen LogP contribution in [0.25, 0.3) is 0 Å². The molecule has 3 rings (SSSR count). The number of rotatable bonds is 7. The van der Waals surface area contributed by atoms with Crippen LogP contribution >= 0.6 is 0 Å². The Morgan fingerprint density at radius 1 is 1.22 bits per heavy atom. The molecule has 0 aliphatic carbocycles. The van der Waals surface area contributed by atoms with E-state index in [1.165, 1.54) is 0 Å². The minimum Gasteiger partial charge on any atom is -0.497 e.